The second-order valence-corrected chi connectivity index (χ2v) is 10.1. The van der Waals surface area contributed by atoms with Crippen LogP contribution in [0.15, 0.2) is 77.3 Å². The molecular formula is C28H27BrN2O2. The Labute approximate surface area is 203 Å². The topological polar surface area (TPSA) is 49.4 Å². The molecule has 3 aromatic rings. The lowest BCUT2D eigenvalue weighted by Gasteiger charge is -2.39. The molecule has 1 saturated heterocycles. The molecule has 2 aliphatic rings. The summed E-state index contributed by atoms with van der Waals surface area (Å²) in [5, 5.41) is 2.97. The van der Waals surface area contributed by atoms with Crippen molar-refractivity contribution >= 4 is 27.6 Å². The summed E-state index contributed by atoms with van der Waals surface area (Å²) in [6.07, 6.45) is 0.925. The van der Waals surface area contributed by atoms with Crippen LogP contribution in [0.2, 0.25) is 0 Å². The quantitative estimate of drug-likeness (QED) is 0.483. The van der Waals surface area contributed by atoms with Crippen molar-refractivity contribution in [2.45, 2.75) is 24.8 Å². The molecule has 0 bridgehead atoms. The van der Waals surface area contributed by atoms with Gasteiger partial charge in [-0.25, -0.2) is 0 Å². The highest BCUT2D eigenvalue weighted by molar-refractivity contribution is 9.10. The first-order valence-electron chi connectivity index (χ1n) is 11.4. The fraction of sp³-hybridized carbons (Fsp3) is 0.286. The number of carbonyl (C=O) groups is 2. The van der Waals surface area contributed by atoms with Crippen LogP contribution < -0.4 is 5.32 Å². The van der Waals surface area contributed by atoms with Crippen LogP contribution in [0.5, 0.6) is 0 Å². The predicted molar refractivity (Wildman–Crippen MR) is 134 cm³/mol. The summed E-state index contributed by atoms with van der Waals surface area (Å²) < 4.78 is 0.920. The van der Waals surface area contributed by atoms with E-state index in [0.717, 1.165) is 17.4 Å². The first-order valence-corrected chi connectivity index (χ1v) is 12.2. The van der Waals surface area contributed by atoms with E-state index in [-0.39, 0.29) is 30.1 Å². The number of hydrogen-bond acceptors (Lipinski definition) is 3. The number of likely N-dealkylation sites (tertiary alicyclic amines) is 1. The smallest absolute Gasteiger partial charge is 0.240 e. The fourth-order valence-corrected chi connectivity index (χ4v) is 5.93. The van der Waals surface area contributed by atoms with Gasteiger partial charge in [0.25, 0.3) is 0 Å². The predicted octanol–water partition coefficient (Wildman–Crippen LogP) is 5.27. The van der Waals surface area contributed by atoms with Crippen molar-refractivity contribution in [1.29, 1.82) is 0 Å². The van der Waals surface area contributed by atoms with E-state index in [1.807, 2.05) is 26.1 Å². The molecule has 33 heavy (non-hydrogen) atoms. The minimum atomic E-state index is -0.713. The average Bonchev–Trinajstić information content (AvgIpc) is 3.32. The number of halogens is 1. The summed E-state index contributed by atoms with van der Waals surface area (Å²) in [6.45, 7) is 2.87. The molecule has 1 aliphatic carbocycles. The molecular weight excluding hydrogens is 476 g/mol. The van der Waals surface area contributed by atoms with Crippen LogP contribution in [-0.2, 0) is 4.79 Å². The molecule has 1 amide bonds. The van der Waals surface area contributed by atoms with Gasteiger partial charge in [0.05, 0.1) is 6.54 Å². The van der Waals surface area contributed by atoms with E-state index >= 15 is 0 Å². The molecule has 5 rings (SSSR count). The van der Waals surface area contributed by atoms with E-state index in [9.17, 15) is 9.59 Å². The van der Waals surface area contributed by atoms with Crippen LogP contribution in [0, 0.1) is 5.92 Å². The van der Waals surface area contributed by atoms with Crippen LogP contribution in [0.3, 0.4) is 0 Å². The lowest BCUT2D eigenvalue weighted by Crippen LogP contribution is -2.57. The summed E-state index contributed by atoms with van der Waals surface area (Å²) in [7, 11) is 2.02. The Balaban J connectivity index is 1.43. The molecule has 1 unspecified atom stereocenters. The van der Waals surface area contributed by atoms with Gasteiger partial charge in [-0.05, 0) is 67.2 Å². The molecule has 168 valence electrons. The third-order valence-corrected chi connectivity index (χ3v) is 8.14. The molecule has 1 N–H and O–H groups in total. The van der Waals surface area contributed by atoms with Crippen LogP contribution in [0.1, 0.15) is 40.7 Å². The highest BCUT2D eigenvalue weighted by Gasteiger charge is 2.54. The van der Waals surface area contributed by atoms with E-state index in [1.54, 1.807) is 12.1 Å². The van der Waals surface area contributed by atoms with Crippen molar-refractivity contribution in [3.63, 3.8) is 0 Å². The minimum absolute atomic E-state index is 0.00550. The number of fused-ring (bicyclic) bond motifs is 3. The number of nitrogens with zero attached hydrogens (tertiary/aromatic N) is 1. The van der Waals surface area contributed by atoms with Crippen molar-refractivity contribution in [2.75, 3.05) is 20.1 Å². The molecule has 1 heterocycles. The lowest BCUT2D eigenvalue weighted by atomic mass is 9.72. The van der Waals surface area contributed by atoms with Crippen molar-refractivity contribution < 1.29 is 9.59 Å². The Bertz CT molecular complexity index is 1180. The minimum Gasteiger partial charge on any atom is -0.347 e. The Kier molecular flexibility index (Phi) is 5.71. The zero-order chi connectivity index (χ0) is 23.2. The summed E-state index contributed by atoms with van der Waals surface area (Å²) in [6, 6.07) is 24.3. The first-order chi connectivity index (χ1) is 15.9. The first kappa shape index (κ1) is 22.1. The SMILES string of the molecule is CN1CCC(C2c3ccccc3-c3ccccc32)[C@@]1(C)C(=O)NCC(=O)c1ccc(Br)cc1. The van der Waals surface area contributed by atoms with Gasteiger partial charge < -0.3 is 5.32 Å². The number of nitrogens with one attached hydrogen (secondary N) is 1. The normalized spacial score (nSPS) is 22.1. The maximum Gasteiger partial charge on any atom is 0.240 e. The molecule has 5 heteroatoms. The molecule has 0 aromatic heterocycles. The van der Waals surface area contributed by atoms with E-state index < -0.39 is 5.54 Å². The fourth-order valence-electron chi connectivity index (χ4n) is 5.67. The van der Waals surface area contributed by atoms with E-state index in [2.05, 4.69) is 74.7 Å². The maximum absolute atomic E-state index is 13.6. The van der Waals surface area contributed by atoms with Gasteiger partial charge >= 0.3 is 0 Å². The van der Waals surface area contributed by atoms with E-state index in [1.165, 1.54) is 22.3 Å². The number of hydrogen-bond donors (Lipinski definition) is 1. The second kappa shape index (κ2) is 8.54. The number of amides is 1. The average molecular weight is 503 g/mol. The standard InChI is InChI=1S/C28H27BrN2O2/c1-28(27(33)30-17-25(32)18-11-13-19(29)14-12-18)24(15-16-31(28)2)26-22-9-5-3-7-20(22)21-8-4-6-10-23(21)26/h3-14,24,26H,15-17H2,1-2H3,(H,30,33)/t24?,28-/m0/s1. The van der Waals surface area contributed by atoms with Gasteiger partial charge in [0.2, 0.25) is 5.91 Å². The summed E-state index contributed by atoms with van der Waals surface area (Å²) in [5.74, 6) is 0.0865. The molecule has 1 aliphatic heterocycles. The van der Waals surface area contributed by atoms with Crippen molar-refractivity contribution in [1.82, 2.24) is 10.2 Å². The zero-order valence-corrected chi connectivity index (χ0v) is 20.4. The van der Waals surface area contributed by atoms with Crippen molar-refractivity contribution in [3.05, 3.63) is 94.0 Å². The zero-order valence-electron chi connectivity index (χ0n) is 18.8. The third kappa shape index (κ3) is 3.64. The summed E-state index contributed by atoms with van der Waals surface area (Å²) in [4.78, 5) is 28.5. The van der Waals surface area contributed by atoms with Gasteiger partial charge in [-0.3, -0.25) is 14.5 Å². The Morgan fingerprint density at radius 2 is 1.55 bits per heavy atom. The number of likely N-dealkylation sites (N-methyl/N-ethyl adjacent to an activating group) is 1. The van der Waals surface area contributed by atoms with Gasteiger partial charge in [0.1, 0.15) is 5.54 Å². The van der Waals surface area contributed by atoms with Crippen LogP contribution >= 0.6 is 15.9 Å². The maximum atomic E-state index is 13.6. The third-order valence-electron chi connectivity index (χ3n) is 7.61. The van der Waals surface area contributed by atoms with E-state index in [0.29, 0.717) is 5.56 Å². The number of carbonyl (C=O) groups excluding carboxylic acids is 2. The largest absolute Gasteiger partial charge is 0.347 e. The van der Waals surface area contributed by atoms with Crippen molar-refractivity contribution in [2.24, 2.45) is 5.92 Å². The molecule has 1 fully saturated rings. The van der Waals surface area contributed by atoms with E-state index in [4.69, 9.17) is 0 Å². The highest BCUT2D eigenvalue weighted by Crippen LogP contribution is 2.54. The van der Waals surface area contributed by atoms with Gasteiger partial charge in [0, 0.05) is 16.0 Å². The molecule has 0 saturated carbocycles. The number of rotatable bonds is 5. The summed E-state index contributed by atoms with van der Waals surface area (Å²) in [5.41, 5.74) is 5.00. The van der Waals surface area contributed by atoms with Gasteiger partial charge in [0.15, 0.2) is 5.78 Å². The molecule has 2 atom stereocenters. The van der Waals surface area contributed by atoms with Gasteiger partial charge in [-0.1, -0.05) is 76.6 Å². The molecule has 0 radical (unpaired) electrons. The number of benzene rings is 3. The van der Waals surface area contributed by atoms with Crippen LogP contribution in [-0.4, -0.2) is 42.3 Å². The summed E-state index contributed by atoms with van der Waals surface area (Å²) >= 11 is 3.39. The highest BCUT2D eigenvalue weighted by atomic mass is 79.9. The Morgan fingerprint density at radius 3 is 2.15 bits per heavy atom. The molecule has 0 spiro atoms. The van der Waals surface area contributed by atoms with Crippen LogP contribution in [0.25, 0.3) is 11.1 Å². The number of Topliss-reactive ketones (excluding diaryl/α,β-unsaturated/α-hetero) is 1. The Morgan fingerprint density at radius 1 is 0.970 bits per heavy atom. The van der Waals surface area contributed by atoms with Gasteiger partial charge in [-0.15, -0.1) is 0 Å². The Hall–Kier alpha value is -2.76. The van der Waals surface area contributed by atoms with Crippen LogP contribution in [0.4, 0.5) is 0 Å². The number of ketones is 1. The van der Waals surface area contributed by atoms with Gasteiger partial charge in [-0.2, -0.15) is 0 Å². The monoisotopic (exact) mass is 502 g/mol. The molecule has 4 nitrogen and oxygen atoms in total. The van der Waals surface area contributed by atoms with Crippen molar-refractivity contribution in [3.8, 4) is 11.1 Å². The lowest BCUT2D eigenvalue weighted by molar-refractivity contribution is -0.132. The second-order valence-electron chi connectivity index (χ2n) is 9.23. The molecule has 3 aromatic carbocycles.